The molecule has 0 amide bonds. The molecule has 0 atom stereocenters. The molecule has 0 bridgehead atoms. The first-order valence-corrected chi connectivity index (χ1v) is 18.1. The van der Waals surface area contributed by atoms with Crippen molar-refractivity contribution in [2.45, 2.75) is 117 Å². The van der Waals surface area contributed by atoms with E-state index in [0.717, 1.165) is 13.2 Å². The van der Waals surface area contributed by atoms with Crippen LogP contribution in [-0.2, 0) is 8.85 Å². The number of rotatable bonds is 20. The standard InChI is InChI=1S/C22H50O2SSi2/c1-7-13-15-23-26(17-9-3,18-10-4)21-25-22-27(19-11-5,20-12-6)24-16-14-8-2/h7-22H2,1-6H3. The van der Waals surface area contributed by atoms with Crippen LogP contribution in [0.25, 0.3) is 0 Å². The second kappa shape index (κ2) is 17.6. The van der Waals surface area contributed by atoms with Crippen molar-refractivity contribution in [3.63, 3.8) is 0 Å². The van der Waals surface area contributed by atoms with E-state index in [1.54, 1.807) is 0 Å². The van der Waals surface area contributed by atoms with Crippen molar-refractivity contribution < 1.29 is 8.85 Å². The van der Waals surface area contributed by atoms with Gasteiger partial charge in [0, 0.05) is 24.0 Å². The minimum Gasteiger partial charge on any atom is -0.416 e. The van der Waals surface area contributed by atoms with Gasteiger partial charge >= 0.3 is 0 Å². The smallest absolute Gasteiger partial charge is 0.202 e. The molecular weight excluding hydrogens is 384 g/mol. The quantitative estimate of drug-likeness (QED) is 0.143. The summed E-state index contributed by atoms with van der Waals surface area (Å²) in [6.45, 7) is 15.9. The van der Waals surface area contributed by atoms with Crippen molar-refractivity contribution in [2.75, 3.05) is 24.0 Å². The maximum absolute atomic E-state index is 6.68. The molecule has 0 N–H and O–H groups in total. The van der Waals surface area contributed by atoms with E-state index in [-0.39, 0.29) is 0 Å². The molecule has 27 heavy (non-hydrogen) atoms. The minimum atomic E-state index is -1.59. The summed E-state index contributed by atoms with van der Waals surface area (Å²) in [6, 6.07) is 5.35. The van der Waals surface area contributed by atoms with Gasteiger partial charge in [-0.1, -0.05) is 80.1 Å². The molecule has 2 nitrogen and oxygen atoms in total. The van der Waals surface area contributed by atoms with Crippen molar-refractivity contribution >= 4 is 28.4 Å². The maximum atomic E-state index is 6.68. The molecule has 0 aliphatic carbocycles. The highest BCUT2D eigenvalue weighted by Gasteiger charge is 2.37. The Morgan fingerprint density at radius 2 is 0.852 bits per heavy atom. The average Bonchev–Trinajstić information content (AvgIpc) is 2.63. The Morgan fingerprint density at radius 3 is 1.11 bits per heavy atom. The number of hydrogen-bond acceptors (Lipinski definition) is 3. The molecule has 0 saturated heterocycles. The molecule has 0 saturated carbocycles. The zero-order valence-corrected chi connectivity index (χ0v) is 22.4. The van der Waals surface area contributed by atoms with Gasteiger partial charge in [-0.3, -0.25) is 0 Å². The summed E-state index contributed by atoms with van der Waals surface area (Å²) in [6.07, 6.45) is 10.0. The van der Waals surface area contributed by atoms with Crippen molar-refractivity contribution in [3.05, 3.63) is 0 Å². The predicted molar refractivity (Wildman–Crippen MR) is 131 cm³/mol. The molecule has 0 aromatic carbocycles. The third-order valence-corrected chi connectivity index (χ3v) is 18.5. The Labute approximate surface area is 178 Å². The SMILES string of the molecule is CCCCO[Si](CCC)(CCC)CSC[Si](CCC)(CCC)OCCCC. The van der Waals surface area contributed by atoms with Gasteiger partial charge in [-0.15, -0.1) is 0 Å². The van der Waals surface area contributed by atoms with E-state index in [4.69, 9.17) is 8.85 Å². The van der Waals surface area contributed by atoms with Crippen LogP contribution in [0.1, 0.15) is 92.9 Å². The van der Waals surface area contributed by atoms with Crippen molar-refractivity contribution in [2.24, 2.45) is 0 Å². The van der Waals surface area contributed by atoms with Crippen LogP contribution in [0.2, 0.25) is 24.2 Å². The fourth-order valence-corrected chi connectivity index (χ4v) is 17.2. The molecular formula is C22H50O2SSi2. The number of thioether (sulfide) groups is 1. The first kappa shape index (κ1) is 27.7. The van der Waals surface area contributed by atoms with Gasteiger partial charge < -0.3 is 8.85 Å². The van der Waals surface area contributed by atoms with Gasteiger partial charge in [0.2, 0.25) is 16.6 Å². The third kappa shape index (κ3) is 12.1. The molecule has 0 aliphatic heterocycles. The predicted octanol–water partition coefficient (Wildman–Crippen LogP) is 7.96. The summed E-state index contributed by atoms with van der Waals surface area (Å²) in [5.74, 6) is 0. The normalized spacial score (nSPS) is 12.7. The topological polar surface area (TPSA) is 18.5 Å². The van der Waals surface area contributed by atoms with Crippen LogP contribution in [0.15, 0.2) is 0 Å². The van der Waals surface area contributed by atoms with E-state index in [1.165, 1.54) is 86.3 Å². The maximum Gasteiger partial charge on any atom is 0.202 e. The molecule has 0 fully saturated rings. The highest BCUT2D eigenvalue weighted by molar-refractivity contribution is 8.02. The van der Waals surface area contributed by atoms with E-state index >= 15 is 0 Å². The van der Waals surface area contributed by atoms with Crippen molar-refractivity contribution in [1.29, 1.82) is 0 Å². The van der Waals surface area contributed by atoms with E-state index in [0.29, 0.717) is 0 Å². The summed E-state index contributed by atoms with van der Waals surface area (Å²) in [5.41, 5.74) is 0. The van der Waals surface area contributed by atoms with Gasteiger partial charge in [0.1, 0.15) is 0 Å². The summed E-state index contributed by atoms with van der Waals surface area (Å²) >= 11 is 2.22. The fraction of sp³-hybridized carbons (Fsp3) is 1.00. The molecule has 0 radical (unpaired) electrons. The third-order valence-electron chi connectivity index (χ3n) is 5.36. The Morgan fingerprint density at radius 1 is 0.519 bits per heavy atom. The summed E-state index contributed by atoms with van der Waals surface area (Å²) in [4.78, 5) is 0. The Kier molecular flexibility index (Phi) is 18.0. The fourth-order valence-electron chi connectivity index (χ4n) is 4.02. The first-order chi connectivity index (χ1) is 13.1. The molecule has 0 rings (SSSR count). The van der Waals surface area contributed by atoms with Crippen LogP contribution in [0, 0.1) is 0 Å². The van der Waals surface area contributed by atoms with Crippen LogP contribution in [0.3, 0.4) is 0 Å². The van der Waals surface area contributed by atoms with E-state index in [9.17, 15) is 0 Å². The average molecular weight is 435 g/mol. The van der Waals surface area contributed by atoms with Gasteiger partial charge in [-0.05, 0) is 37.0 Å². The summed E-state index contributed by atoms with van der Waals surface area (Å²) in [5, 5.41) is 2.58. The highest BCUT2D eigenvalue weighted by Crippen LogP contribution is 2.31. The molecule has 164 valence electrons. The van der Waals surface area contributed by atoms with Gasteiger partial charge in [0.15, 0.2) is 0 Å². The van der Waals surface area contributed by atoms with Crippen molar-refractivity contribution in [3.8, 4) is 0 Å². The largest absolute Gasteiger partial charge is 0.416 e. The second-order valence-electron chi connectivity index (χ2n) is 8.26. The van der Waals surface area contributed by atoms with Crippen LogP contribution in [0.4, 0.5) is 0 Å². The number of unbranched alkanes of at least 4 members (excludes halogenated alkanes) is 2. The molecule has 0 heterocycles. The van der Waals surface area contributed by atoms with Crippen molar-refractivity contribution in [1.82, 2.24) is 0 Å². The first-order valence-electron chi connectivity index (χ1n) is 11.9. The molecule has 0 aliphatic rings. The lowest BCUT2D eigenvalue weighted by molar-refractivity contribution is 0.292. The zero-order valence-electron chi connectivity index (χ0n) is 19.5. The van der Waals surface area contributed by atoms with E-state index < -0.39 is 16.6 Å². The monoisotopic (exact) mass is 434 g/mol. The lowest BCUT2D eigenvalue weighted by Crippen LogP contribution is -2.45. The Bertz CT molecular complexity index is 287. The van der Waals surface area contributed by atoms with Gasteiger partial charge in [-0.25, -0.2) is 0 Å². The lowest BCUT2D eigenvalue weighted by atomic mass is 10.4. The molecule has 0 unspecified atom stereocenters. The van der Waals surface area contributed by atoms with Gasteiger partial charge in [0.25, 0.3) is 0 Å². The Hall–Kier alpha value is 0.704. The molecule has 5 heteroatoms. The summed E-state index contributed by atoms with van der Waals surface area (Å²) in [7, 11) is -3.17. The highest BCUT2D eigenvalue weighted by atomic mass is 32.2. The number of hydrogen-bond donors (Lipinski definition) is 0. The molecule has 0 aromatic heterocycles. The van der Waals surface area contributed by atoms with E-state index in [2.05, 4.69) is 53.3 Å². The van der Waals surface area contributed by atoms with Crippen LogP contribution < -0.4 is 0 Å². The zero-order chi connectivity index (χ0) is 20.4. The molecule has 0 aromatic rings. The van der Waals surface area contributed by atoms with E-state index in [1.807, 2.05) is 0 Å². The van der Waals surface area contributed by atoms with Gasteiger partial charge in [-0.2, -0.15) is 11.8 Å². The Balaban J connectivity index is 4.97. The van der Waals surface area contributed by atoms with Crippen LogP contribution in [0.5, 0.6) is 0 Å². The van der Waals surface area contributed by atoms with Crippen LogP contribution >= 0.6 is 11.8 Å². The summed E-state index contributed by atoms with van der Waals surface area (Å²) < 4.78 is 13.4. The van der Waals surface area contributed by atoms with Crippen LogP contribution in [-0.4, -0.2) is 40.6 Å². The van der Waals surface area contributed by atoms with Gasteiger partial charge in [0.05, 0.1) is 0 Å². The molecule has 0 spiro atoms. The second-order valence-corrected chi connectivity index (χ2v) is 18.3. The minimum absolute atomic E-state index is 0.989. The lowest BCUT2D eigenvalue weighted by Gasteiger charge is -2.34.